The Morgan fingerprint density at radius 3 is 2.30 bits per heavy atom. The highest BCUT2D eigenvalue weighted by atomic mass is 35.5. The van der Waals surface area contributed by atoms with Crippen molar-refractivity contribution in [2.75, 3.05) is 49.5 Å². The fraction of sp³-hybridized carbons (Fsp3) is 0.462. The molecule has 0 saturated carbocycles. The number of benzene rings is 2. The van der Waals surface area contributed by atoms with Crippen molar-refractivity contribution in [2.45, 2.75) is 45.1 Å². The third-order valence-corrected chi connectivity index (χ3v) is 8.21. The zero-order valence-corrected chi connectivity index (χ0v) is 23.4. The molecule has 2 aromatic carbocycles. The van der Waals surface area contributed by atoms with Gasteiger partial charge in [0.25, 0.3) is 0 Å². The molecular formula is C26H36ClN5O4S. The third-order valence-electron chi connectivity index (χ3n) is 6.02. The number of nitrogens with zero attached hydrogens (tertiary/aromatic N) is 3. The van der Waals surface area contributed by atoms with E-state index < -0.39 is 15.9 Å². The number of aryl methyl sites for hydroxylation is 1. The van der Waals surface area contributed by atoms with E-state index in [-0.39, 0.29) is 30.1 Å². The van der Waals surface area contributed by atoms with Crippen LogP contribution in [0.2, 0.25) is 5.02 Å². The number of sulfonamides is 1. The maximum Gasteiger partial charge on any atom is 0.317 e. The van der Waals surface area contributed by atoms with Gasteiger partial charge in [0.05, 0.1) is 22.2 Å². The summed E-state index contributed by atoms with van der Waals surface area (Å²) in [5, 5.41) is 6.05. The van der Waals surface area contributed by atoms with Crippen LogP contribution < -0.4 is 15.5 Å². The predicted octanol–water partition coefficient (Wildman–Crippen LogP) is 3.93. The van der Waals surface area contributed by atoms with E-state index in [0.717, 1.165) is 11.3 Å². The van der Waals surface area contributed by atoms with Gasteiger partial charge in [-0.25, -0.2) is 13.2 Å². The largest absolute Gasteiger partial charge is 0.368 e. The zero-order chi connectivity index (χ0) is 27.2. The van der Waals surface area contributed by atoms with Gasteiger partial charge < -0.3 is 20.4 Å². The minimum absolute atomic E-state index is 0.0732. The summed E-state index contributed by atoms with van der Waals surface area (Å²) in [5.41, 5.74) is 2.23. The van der Waals surface area contributed by atoms with Crippen molar-refractivity contribution in [2.24, 2.45) is 0 Å². The molecule has 0 unspecified atom stereocenters. The topological polar surface area (TPSA) is 102 Å². The molecule has 0 atom stereocenters. The van der Waals surface area contributed by atoms with Gasteiger partial charge in [-0.1, -0.05) is 36.2 Å². The van der Waals surface area contributed by atoms with Gasteiger partial charge in [0.2, 0.25) is 15.9 Å². The van der Waals surface area contributed by atoms with Gasteiger partial charge in [-0.05, 0) is 57.5 Å². The fourth-order valence-electron chi connectivity index (χ4n) is 4.05. The van der Waals surface area contributed by atoms with Crippen LogP contribution in [-0.2, 0) is 14.8 Å². The standard InChI is InChI=1S/C26H36ClN5O4S/c1-5-12-32(37(35,36)22-9-6-20(4)7-10-22)18-25(33)29-24-17-21(8-11-23(24)27)30-13-15-31(16-14-30)26(34)28-19(2)3/h6-11,17,19H,5,12-16,18H2,1-4H3,(H,28,34)(H,29,33). The Balaban J connectivity index is 1.67. The first-order valence-corrected chi connectivity index (χ1v) is 14.3. The molecule has 3 rings (SSSR count). The van der Waals surface area contributed by atoms with Crippen molar-refractivity contribution < 1.29 is 18.0 Å². The van der Waals surface area contributed by atoms with E-state index in [0.29, 0.717) is 43.3 Å². The van der Waals surface area contributed by atoms with Crippen LogP contribution in [0.15, 0.2) is 47.4 Å². The van der Waals surface area contributed by atoms with Crippen LogP contribution in [-0.4, -0.2) is 74.9 Å². The molecule has 1 aliphatic heterocycles. The van der Waals surface area contributed by atoms with Gasteiger partial charge in [0, 0.05) is 44.5 Å². The Bertz CT molecular complexity index is 1200. The lowest BCUT2D eigenvalue weighted by Gasteiger charge is -2.36. The van der Waals surface area contributed by atoms with Gasteiger partial charge in [0.1, 0.15) is 0 Å². The molecule has 0 radical (unpaired) electrons. The normalized spacial score (nSPS) is 14.2. The number of rotatable bonds is 9. The number of carbonyl (C=O) groups excluding carboxylic acids is 2. The summed E-state index contributed by atoms with van der Waals surface area (Å²) in [6.45, 7) is 9.92. The molecule has 1 saturated heterocycles. The Morgan fingerprint density at radius 1 is 1.05 bits per heavy atom. The first-order chi connectivity index (χ1) is 17.5. The van der Waals surface area contributed by atoms with Gasteiger partial charge in [0.15, 0.2) is 0 Å². The van der Waals surface area contributed by atoms with Gasteiger partial charge in [-0.3, -0.25) is 4.79 Å². The van der Waals surface area contributed by atoms with Gasteiger partial charge in [-0.15, -0.1) is 0 Å². The minimum atomic E-state index is -3.83. The van der Waals surface area contributed by atoms with Crippen molar-refractivity contribution in [1.29, 1.82) is 0 Å². The summed E-state index contributed by atoms with van der Waals surface area (Å²) >= 11 is 6.36. The van der Waals surface area contributed by atoms with Crippen LogP contribution in [0.5, 0.6) is 0 Å². The first kappa shape index (κ1) is 28.7. The van der Waals surface area contributed by atoms with E-state index in [9.17, 15) is 18.0 Å². The molecule has 1 fully saturated rings. The highest BCUT2D eigenvalue weighted by Gasteiger charge is 2.27. The summed E-state index contributed by atoms with van der Waals surface area (Å²) in [7, 11) is -3.83. The zero-order valence-electron chi connectivity index (χ0n) is 21.8. The van der Waals surface area contributed by atoms with E-state index in [1.807, 2.05) is 33.8 Å². The lowest BCUT2D eigenvalue weighted by molar-refractivity contribution is -0.116. The van der Waals surface area contributed by atoms with Crippen molar-refractivity contribution in [3.05, 3.63) is 53.1 Å². The van der Waals surface area contributed by atoms with Gasteiger partial charge >= 0.3 is 6.03 Å². The van der Waals surface area contributed by atoms with E-state index in [2.05, 4.69) is 15.5 Å². The number of piperazine rings is 1. The molecular weight excluding hydrogens is 514 g/mol. The molecule has 1 aliphatic rings. The van der Waals surface area contributed by atoms with Crippen LogP contribution in [0, 0.1) is 6.92 Å². The van der Waals surface area contributed by atoms with Crippen molar-refractivity contribution in [1.82, 2.24) is 14.5 Å². The van der Waals surface area contributed by atoms with E-state index in [4.69, 9.17) is 11.6 Å². The van der Waals surface area contributed by atoms with Crippen LogP contribution in [0.1, 0.15) is 32.8 Å². The number of nitrogens with one attached hydrogen (secondary N) is 2. The average Bonchev–Trinajstić information content (AvgIpc) is 2.85. The molecule has 11 heteroatoms. The maximum atomic E-state index is 13.2. The highest BCUT2D eigenvalue weighted by Crippen LogP contribution is 2.28. The molecule has 202 valence electrons. The number of anilines is 2. The Labute approximate surface area is 224 Å². The molecule has 3 amide bonds. The number of halogens is 1. The lowest BCUT2D eigenvalue weighted by Crippen LogP contribution is -2.52. The van der Waals surface area contributed by atoms with Crippen molar-refractivity contribution in [3.8, 4) is 0 Å². The third kappa shape index (κ3) is 7.59. The smallest absolute Gasteiger partial charge is 0.317 e. The molecule has 0 bridgehead atoms. The molecule has 0 aliphatic carbocycles. The summed E-state index contributed by atoms with van der Waals surface area (Å²) in [4.78, 5) is 29.3. The van der Waals surface area contributed by atoms with E-state index >= 15 is 0 Å². The summed E-state index contributed by atoms with van der Waals surface area (Å²) in [5.74, 6) is -0.474. The van der Waals surface area contributed by atoms with Crippen LogP contribution in [0.3, 0.4) is 0 Å². The van der Waals surface area contributed by atoms with Gasteiger partial charge in [-0.2, -0.15) is 4.31 Å². The molecule has 9 nitrogen and oxygen atoms in total. The number of urea groups is 1. The second kappa shape index (κ2) is 12.6. The SMILES string of the molecule is CCCN(CC(=O)Nc1cc(N2CCN(C(=O)NC(C)C)CC2)ccc1Cl)S(=O)(=O)c1ccc(C)cc1. The molecule has 1 heterocycles. The highest BCUT2D eigenvalue weighted by molar-refractivity contribution is 7.89. The molecule has 0 aromatic heterocycles. The molecule has 0 spiro atoms. The van der Waals surface area contributed by atoms with Crippen molar-refractivity contribution >= 4 is 44.9 Å². The predicted molar refractivity (Wildman–Crippen MR) is 148 cm³/mol. The second-order valence-electron chi connectivity index (χ2n) is 9.44. The number of carbonyl (C=O) groups is 2. The van der Waals surface area contributed by atoms with Crippen molar-refractivity contribution in [3.63, 3.8) is 0 Å². The lowest BCUT2D eigenvalue weighted by atomic mass is 10.2. The maximum absolute atomic E-state index is 13.2. The Morgan fingerprint density at radius 2 is 1.70 bits per heavy atom. The fourth-order valence-corrected chi connectivity index (χ4v) is 5.71. The molecule has 2 aromatic rings. The molecule has 37 heavy (non-hydrogen) atoms. The quantitative estimate of drug-likeness (QED) is 0.493. The van der Waals surface area contributed by atoms with E-state index in [1.165, 1.54) is 4.31 Å². The Hall–Kier alpha value is -2.82. The number of amides is 3. The first-order valence-electron chi connectivity index (χ1n) is 12.5. The van der Waals surface area contributed by atoms with Crippen LogP contribution in [0.4, 0.5) is 16.2 Å². The summed E-state index contributed by atoms with van der Waals surface area (Å²) in [6.07, 6.45) is 0.565. The van der Waals surface area contributed by atoms with Crippen LogP contribution >= 0.6 is 11.6 Å². The number of hydrogen-bond acceptors (Lipinski definition) is 5. The Kier molecular flexibility index (Phi) is 9.80. The van der Waals surface area contributed by atoms with E-state index in [1.54, 1.807) is 41.3 Å². The minimum Gasteiger partial charge on any atom is -0.368 e. The number of hydrogen-bond donors (Lipinski definition) is 2. The average molecular weight is 550 g/mol. The second-order valence-corrected chi connectivity index (χ2v) is 11.8. The summed E-state index contributed by atoms with van der Waals surface area (Å²) < 4.78 is 27.5. The monoisotopic (exact) mass is 549 g/mol. The molecule has 2 N–H and O–H groups in total. The van der Waals surface area contributed by atoms with Crippen LogP contribution in [0.25, 0.3) is 0 Å². The summed E-state index contributed by atoms with van der Waals surface area (Å²) in [6, 6.07) is 11.9.